The molecule has 0 aliphatic heterocycles. The monoisotopic (exact) mass is 244 g/mol. The first-order chi connectivity index (χ1) is 8.29. The average molecular weight is 244 g/mol. The molecule has 104 valence electrons. The Balaban J connectivity index is 4.14. The molecule has 0 bridgehead atoms. The maximum Gasteiger partial charge on any atom is 0.0493 e. The van der Waals surface area contributed by atoms with Crippen molar-refractivity contribution in [2.24, 2.45) is 11.8 Å². The maximum atomic E-state index is 5.39. The largest absolute Gasteiger partial charge is 0.384 e. The van der Waals surface area contributed by atoms with Crippen LogP contribution in [0.1, 0.15) is 58.8 Å². The molecule has 2 unspecified atom stereocenters. The van der Waals surface area contributed by atoms with Gasteiger partial charge in [0, 0.05) is 27.4 Å². The first-order valence-electron chi connectivity index (χ1n) is 7.27. The van der Waals surface area contributed by atoms with Crippen molar-refractivity contribution in [1.82, 2.24) is 0 Å². The van der Waals surface area contributed by atoms with Gasteiger partial charge in [-0.15, -0.1) is 0 Å². The summed E-state index contributed by atoms with van der Waals surface area (Å²) < 4.78 is 10.8. The molecule has 0 N–H and O–H groups in total. The molecule has 0 aliphatic rings. The van der Waals surface area contributed by atoms with E-state index in [0.717, 1.165) is 13.2 Å². The lowest BCUT2D eigenvalue weighted by molar-refractivity contribution is 0.0595. The van der Waals surface area contributed by atoms with Crippen molar-refractivity contribution in [3.8, 4) is 0 Å². The highest BCUT2D eigenvalue weighted by Crippen LogP contribution is 2.25. The van der Waals surface area contributed by atoms with E-state index in [1.165, 1.54) is 44.9 Å². The second-order valence-electron chi connectivity index (χ2n) is 5.07. The standard InChI is InChI=1S/C15H32O2/c1-5-7-9-11-15(13-17-4)14(12-16-3)10-8-6-2/h14-15H,5-13H2,1-4H3. The number of unbranched alkanes of at least 4 members (excludes halogenated alkanes) is 3. The van der Waals surface area contributed by atoms with Gasteiger partial charge in [-0.3, -0.25) is 0 Å². The first-order valence-corrected chi connectivity index (χ1v) is 7.27. The summed E-state index contributed by atoms with van der Waals surface area (Å²) >= 11 is 0. The molecule has 0 saturated carbocycles. The van der Waals surface area contributed by atoms with Crippen LogP contribution in [-0.2, 0) is 9.47 Å². The van der Waals surface area contributed by atoms with Crippen LogP contribution in [-0.4, -0.2) is 27.4 Å². The van der Waals surface area contributed by atoms with E-state index in [0.29, 0.717) is 11.8 Å². The van der Waals surface area contributed by atoms with Crippen molar-refractivity contribution >= 4 is 0 Å². The zero-order chi connectivity index (χ0) is 12.9. The van der Waals surface area contributed by atoms with Crippen LogP contribution in [0.5, 0.6) is 0 Å². The molecular formula is C15H32O2. The van der Waals surface area contributed by atoms with E-state index >= 15 is 0 Å². The number of methoxy groups -OCH3 is 2. The van der Waals surface area contributed by atoms with Gasteiger partial charge in [-0.05, 0) is 24.7 Å². The highest BCUT2D eigenvalue weighted by molar-refractivity contribution is 4.70. The Morgan fingerprint density at radius 2 is 1.18 bits per heavy atom. The van der Waals surface area contributed by atoms with Crippen LogP contribution < -0.4 is 0 Å². The molecule has 0 aromatic carbocycles. The second kappa shape index (κ2) is 12.4. The molecule has 0 amide bonds. The van der Waals surface area contributed by atoms with Crippen LogP contribution >= 0.6 is 0 Å². The predicted octanol–water partition coefficient (Wildman–Crippen LogP) is 4.28. The van der Waals surface area contributed by atoms with Gasteiger partial charge in [0.25, 0.3) is 0 Å². The van der Waals surface area contributed by atoms with Crippen molar-refractivity contribution < 1.29 is 9.47 Å². The lowest BCUT2D eigenvalue weighted by Crippen LogP contribution is -2.24. The third-order valence-corrected chi connectivity index (χ3v) is 3.54. The number of ether oxygens (including phenoxy) is 2. The minimum absolute atomic E-state index is 0.678. The summed E-state index contributed by atoms with van der Waals surface area (Å²) in [4.78, 5) is 0. The van der Waals surface area contributed by atoms with E-state index < -0.39 is 0 Å². The van der Waals surface area contributed by atoms with E-state index in [-0.39, 0.29) is 0 Å². The topological polar surface area (TPSA) is 18.5 Å². The van der Waals surface area contributed by atoms with Crippen LogP contribution in [0.2, 0.25) is 0 Å². The van der Waals surface area contributed by atoms with Crippen LogP contribution in [0.15, 0.2) is 0 Å². The molecule has 2 heteroatoms. The molecule has 2 atom stereocenters. The highest BCUT2D eigenvalue weighted by Gasteiger charge is 2.20. The van der Waals surface area contributed by atoms with E-state index in [4.69, 9.17) is 9.47 Å². The Morgan fingerprint density at radius 1 is 0.706 bits per heavy atom. The Labute approximate surface area is 108 Å². The molecule has 0 rings (SSSR count). The predicted molar refractivity (Wildman–Crippen MR) is 74.4 cm³/mol. The van der Waals surface area contributed by atoms with Gasteiger partial charge in [-0.1, -0.05) is 46.0 Å². The van der Waals surface area contributed by atoms with Crippen molar-refractivity contribution in [3.63, 3.8) is 0 Å². The van der Waals surface area contributed by atoms with Crippen LogP contribution in [0, 0.1) is 11.8 Å². The number of hydrogen-bond donors (Lipinski definition) is 0. The maximum absolute atomic E-state index is 5.39. The Hall–Kier alpha value is -0.0800. The molecule has 0 fully saturated rings. The van der Waals surface area contributed by atoms with E-state index in [9.17, 15) is 0 Å². The van der Waals surface area contributed by atoms with E-state index in [1.54, 1.807) is 0 Å². The van der Waals surface area contributed by atoms with Gasteiger partial charge in [0.1, 0.15) is 0 Å². The fourth-order valence-electron chi connectivity index (χ4n) is 2.46. The SMILES string of the molecule is CCCCCC(COC)C(CCCC)COC. The van der Waals surface area contributed by atoms with Gasteiger partial charge in [-0.2, -0.15) is 0 Å². The summed E-state index contributed by atoms with van der Waals surface area (Å²) in [5.41, 5.74) is 0. The lowest BCUT2D eigenvalue weighted by Gasteiger charge is -2.26. The van der Waals surface area contributed by atoms with Gasteiger partial charge in [0.15, 0.2) is 0 Å². The number of rotatable bonds is 12. The minimum atomic E-state index is 0.678. The molecule has 0 heterocycles. The molecular weight excluding hydrogens is 212 g/mol. The van der Waals surface area contributed by atoms with Gasteiger partial charge >= 0.3 is 0 Å². The molecule has 0 aromatic rings. The Morgan fingerprint density at radius 3 is 1.59 bits per heavy atom. The van der Waals surface area contributed by atoms with Crippen molar-refractivity contribution in [3.05, 3.63) is 0 Å². The minimum Gasteiger partial charge on any atom is -0.384 e. The van der Waals surface area contributed by atoms with Gasteiger partial charge in [-0.25, -0.2) is 0 Å². The van der Waals surface area contributed by atoms with Gasteiger partial charge < -0.3 is 9.47 Å². The van der Waals surface area contributed by atoms with Crippen LogP contribution in [0.25, 0.3) is 0 Å². The average Bonchev–Trinajstić information content (AvgIpc) is 2.34. The summed E-state index contributed by atoms with van der Waals surface area (Å²) in [5.74, 6) is 1.36. The third-order valence-electron chi connectivity index (χ3n) is 3.54. The summed E-state index contributed by atoms with van der Waals surface area (Å²) in [6.07, 6.45) is 9.12. The Kier molecular flexibility index (Phi) is 12.3. The zero-order valence-electron chi connectivity index (χ0n) is 12.3. The normalized spacial score (nSPS) is 14.8. The van der Waals surface area contributed by atoms with E-state index in [2.05, 4.69) is 13.8 Å². The lowest BCUT2D eigenvalue weighted by atomic mass is 9.85. The highest BCUT2D eigenvalue weighted by atomic mass is 16.5. The van der Waals surface area contributed by atoms with Crippen LogP contribution in [0.4, 0.5) is 0 Å². The van der Waals surface area contributed by atoms with Crippen molar-refractivity contribution in [1.29, 1.82) is 0 Å². The summed E-state index contributed by atoms with van der Waals surface area (Å²) in [7, 11) is 3.63. The fraction of sp³-hybridized carbons (Fsp3) is 1.00. The second-order valence-corrected chi connectivity index (χ2v) is 5.07. The smallest absolute Gasteiger partial charge is 0.0493 e. The van der Waals surface area contributed by atoms with Gasteiger partial charge in [0.2, 0.25) is 0 Å². The van der Waals surface area contributed by atoms with Crippen molar-refractivity contribution in [2.45, 2.75) is 58.8 Å². The molecule has 0 spiro atoms. The molecule has 2 nitrogen and oxygen atoms in total. The van der Waals surface area contributed by atoms with E-state index in [1.807, 2.05) is 14.2 Å². The van der Waals surface area contributed by atoms with Gasteiger partial charge in [0.05, 0.1) is 0 Å². The molecule has 17 heavy (non-hydrogen) atoms. The molecule has 0 saturated heterocycles. The molecule has 0 aromatic heterocycles. The van der Waals surface area contributed by atoms with Crippen molar-refractivity contribution in [2.75, 3.05) is 27.4 Å². The summed E-state index contributed by atoms with van der Waals surface area (Å²) in [5, 5.41) is 0. The Bertz CT molecular complexity index is 148. The summed E-state index contributed by atoms with van der Waals surface area (Å²) in [6.45, 7) is 6.29. The fourth-order valence-corrected chi connectivity index (χ4v) is 2.46. The third kappa shape index (κ3) is 8.62. The number of hydrogen-bond acceptors (Lipinski definition) is 2. The first kappa shape index (κ1) is 16.9. The summed E-state index contributed by atoms with van der Waals surface area (Å²) in [6, 6.07) is 0. The zero-order valence-corrected chi connectivity index (χ0v) is 12.3. The molecule has 0 radical (unpaired) electrons. The molecule has 0 aliphatic carbocycles. The quantitative estimate of drug-likeness (QED) is 0.477. The van der Waals surface area contributed by atoms with Crippen LogP contribution in [0.3, 0.4) is 0 Å².